The molecule has 0 amide bonds. The van der Waals surface area contributed by atoms with Gasteiger partial charge in [0.15, 0.2) is 49.7 Å². The summed E-state index contributed by atoms with van der Waals surface area (Å²) < 4.78 is 18.5. The molecule has 0 aliphatic rings. The predicted molar refractivity (Wildman–Crippen MR) is 386 cm³/mol. The first-order chi connectivity index (χ1) is 45.5. The maximum Gasteiger partial charge on any atom is 0.335 e. The molecule has 0 aliphatic carbocycles. The summed E-state index contributed by atoms with van der Waals surface area (Å²) in [5.74, 6) is -2.45. The zero-order chi connectivity index (χ0) is 70.2. The lowest BCUT2D eigenvalue weighted by Gasteiger charge is -2.08. The van der Waals surface area contributed by atoms with Crippen LogP contribution in [0, 0.1) is 11.7 Å². The number of aryl methyl sites for hydroxylation is 3. The van der Waals surface area contributed by atoms with Gasteiger partial charge in [-0.05, 0) is 194 Å². The monoisotopic (exact) mass is 1420 g/mol. The zero-order valence-corrected chi connectivity index (χ0v) is 57.6. The van der Waals surface area contributed by atoms with E-state index in [1.807, 2.05) is 36.4 Å². The lowest BCUT2D eigenvalue weighted by Crippen LogP contribution is -2.25. The average molecular weight is 1420 g/mol. The predicted octanol–water partition coefficient (Wildman–Crippen LogP) is 12.8. The van der Waals surface area contributed by atoms with E-state index >= 15 is 0 Å². The Morgan fingerprint density at radius 1 is 0.490 bits per heavy atom. The van der Waals surface area contributed by atoms with Crippen molar-refractivity contribution in [2.75, 3.05) is 16.0 Å². The Labute approximate surface area is 576 Å². The van der Waals surface area contributed by atoms with Crippen LogP contribution in [0.4, 0.5) is 21.5 Å². The number of benzene rings is 6. The summed E-state index contributed by atoms with van der Waals surface area (Å²) in [6, 6.07) is 38.9. The Balaban J connectivity index is 0.000000203. The van der Waals surface area contributed by atoms with Crippen molar-refractivity contribution >= 4 is 120 Å². The van der Waals surface area contributed by atoms with Crippen molar-refractivity contribution in [2.45, 2.75) is 60.8 Å². The van der Waals surface area contributed by atoms with Crippen LogP contribution in [-0.4, -0.2) is 110 Å². The highest BCUT2D eigenvalue weighted by molar-refractivity contribution is 9.10. The molecule has 0 aliphatic heterocycles. The summed E-state index contributed by atoms with van der Waals surface area (Å²) in [6.07, 6.45) is 0.998. The first kappa shape index (κ1) is 72.7. The van der Waals surface area contributed by atoms with Gasteiger partial charge in [0.25, 0.3) is 0 Å². The molecule has 0 bridgehead atoms. The van der Waals surface area contributed by atoms with E-state index in [1.54, 1.807) is 99.8 Å². The Morgan fingerprint density at radius 2 is 0.792 bits per heavy atom. The number of carboxylic acids is 3. The van der Waals surface area contributed by atoms with E-state index in [1.165, 1.54) is 58.3 Å². The number of rotatable bonds is 18. The van der Waals surface area contributed by atoms with Gasteiger partial charge >= 0.3 is 17.9 Å². The molecule has 0 atom stereocenters. The van der Waals surface area contributed by atoms with E-state index in [0.29, 0.717) is 80.1 Å². The van der Waals surface area contributed by atoms with Gasteiger partial charge in [0.2, 0.25) is 0 Å². The highest BCUT2D eigenvalue weighted by Gasteiger charge is 2.23. The molecule has 498 valence electrons. The highest BCUT2D eigenvalue weighted by atomic mass is 79.9. The normalized spacial score (nSPS) is 11.4. The molecule has 0 saturated heterocycles. The Hall–Kier alpha value is -10.8. The van der Waals surface area contributed by atoms with Crippen molar-refractivity contribution in [1.82, 2.24) is 45.6 Å². The van der Waals surface area contributed by atoms with Crippen LogP contribution in [0.1, 0.15) is 114 Å². The second kappa shape index (κ2) is 32.9. The van der Waals surface area contributed by atoms with Crippen LogP contribution in [-0.2, 0) is 27.6 Å². The fourth-order valence-electron chi connectivity index (χ4n) is 9.31. The smallest absolute Gasteiger partial charge is 0.335 e. The van der Waals surface area contributed by atoms with E-state index < -0.39 is 23.7 Å². The molecule has 0 saturated carbocycles. The second-order valence-corrected chi connectivity index (χ2v) is 24.2. The van der Waals surface area contributed by atoms with Crippen molar-refractivity contribution in [3.8, 4) is 51.0 Å². The van der Waals surface area contributed by atoms with Crippen molar-refractivity contribution < 1.29 is 49.4 Å². The molecule has 29 heteroatoms. The van der Waals surface area contributed by atoms with Crippen LogP contribution in [0.3, 0.4) is 0 Å². The number of hydrogen-bond acceptors (Lipinski definition) is 15. The molecule has 9 rings (SSSR count). The minimum atomic E-state index is -1.02. The largest absolute Gasteiger partial charge is 0.504 e. The number of carboxylic acid groups (broad SMARTS) is 3. The van der Waals surface area contributed by atoms with Gasteiger partial charge in [0, 0.05) is 54.9 Å². The maximum atomic E-state index is 13.5. The van der Waals surface area contributed by atoms with Gasteiger partial charge in [-0.1, -0.05) is 76.2 Å². The summed E-state index contributed by atoms with van der Waals surface area (Å²) in [4.78, 5) is 32.8. The Morgan fingerprint density at radius 3 is 1.08 bits per heavy atom. The van der Waals surface area contributed by atoms with Gasteiger partial charge in [0.1, 0.15) is 22.9 Å². The number of anilines is 3. The van der Waals surface area contributed by atoms with Gasteiger partial charge in [-0.15, -0.1) is 0 Å². The third-order valence-corrected chi connectivity index (χ3v) is 15.3. The second-order valence-electron chi connectivity index (χ2n) is 22.1. The number of aromatic hydroxyl groups is 3. The Bertz CT molecular complexity index is 4440. The lowest BCUT2D eigenvalue weighted by atomic mass is 10.0. The number of nitrogens with zero attached hydrogens (tertiary/aromatic N) is 9. The van der Waals surface area contributed by atoms with Crippen LogP contribution < -0.4 is 32.2 Å². The lowest BCUT2D eigenvalue weighted by molar-refractivity contribution is 0.0686. The highest BCUT2D eigenvalue weighted by Crippen LogP contribution is 2.36. The van der Waals surface area contributed by atoms with E-state index in [9.17, 15) is 34.1 Å². The van der Waals surface area contributed by atoms with E-state index in [-0.39, 0.29) is 59.4 Å². The number of hydrogen-bond donors (Lipinski definition) is 12. The summed E-state index contributed by atoms with van der Waals surface area (Å²) >= 11 is 18.8. The standard InChI is InChI=1S/C24H27N5O3S.C23H25N5O3S.C20H17BrFN5O3S/c1-14(2)13-16-5-7-17(8-6-16)21-22(30)20(28-29(21)4)15(3)26-27-24(33)25-19-11-9-18(10-12-19)23(31)32;1-13(2)15-5-7-16(8-6-15)20-21(29)19(27-28(20)4)14(3)25-26-23(32)24-18-11-9-17(10-12-18)22(30)31;1-10(24-25-20(31)23-13-6-3-11(4-7-13)19(29)30)16-18(28)17(27(2)26-16)12-5-8-15(22)14(21)9-12/h5-12,14,30H,13H2,1-4H3,(H,31,32)(H2,25,27,33);5-13,29H,1-4H3,(H,30,31)(H2,24,26,32);3-9,28H,1-2H3,(H,29,30)(H2,23,25,31)/b26-15+;25-14+;24-10+. The van der Waals surface area contributed by atoms with Crippen LogP contribution in [0.2, 0.25) is 0 Å². The maximum absolute atomic E-state index is 13.5. The molecule has 0 fully saturated rings. The molecule has 6 aromatic carbocycles. The number of thiocarbonyl (C=S) groups is 3. The van der Waals surface area contributed by atoms with Crippen LogP contribution in [0.5, 0.6) is 17.2 Å². The average Bonchev–Trinajstić information content (AvgIpc) is 1.64. The first-order valence-corrected chi connectivity index (χ1v) is 31.3. The minimum absolute atomic E-state index is 0.0379. The SMILES string of the molecule is C/C(=N\NC(=S)Nc1ccc(C(=O)O)cc1)c1nn(C)c(-c2ccc(C(C)C)cc2)c1O.C/C(=N\NC(=S)Nc1ccc(C(=O)O)cc1)c1nn(C)c(-c2ccc(CC(C)C)cc2)c1O.C/C(=N\NC(=S)Nc1ccc(C(=O)O)cc1)c1nn(C)c(-c2ccc(F)c(Br)c2)c1O. The molecule has 0 spiro atoms. The van der Waals surface area contributed by atoms with Gasteiger partial charge in [-0.3, -0.25) is 30.3 Å². The zero-order valence-electron chi connectivity index (χ0n) is 53.6. The van der Waals surface area contributed by atoms with Crippen molar-refractivity contribution in [3.63, 3.8) is 0 Å². The molecule has 12 N–H and O–H groups in total. The van der Waals surface area contributed by atoms with E-state index in [0.717, 1.165) is 17.5 Å². The third-order valence-electron chi connectivity index (χ3n) is 14.2. The quantitative estimate of drug-likeness (QED) is 0.0216. The molecular formula is C67H69BrFN15O9S3. The number of carbonyl (C=O) groups is 3. The van der Waals surface area contributed by atoms with Gasteiger partial charge in [0.05, 0.1) is 38.3 Å². The van der Waals surface area contributed by atoms with E-state index in [4.69, 9.17) is 52.0 Å². The van der Waals surface area contributed by atoms with Gasteiger partial charge in [-0.25, -0.2) is 18.8 Å². The molecular weight excluding hydrogens is 1350 g/mol. The Kier molecular flexibility index (Phi) is 24.9. The molecule has 3 aromatic heterocycles. The number of halogens is 2. The topological polar surface area (TPSA) is 335 Å². The van der Waals surface area contributed by atoms with Gasteiger partial charge < -0.3 is 46.6 Å². The number of aromatic carboxylic acids is 3. The fraction of sp³-hybridized carbons (Fsp3) is 0.194. The van der Waals surface area contributed by atoms with Crippen molar-refractivity contribution in [3.05, 3.63) is 195 Å². The van der Waals surface area contributed by atoms with Crippen LogP contribution in [0.15, 0.2) is 159 Å². The molecule has 24 nitrogen and oxygen atoms in total. The first-order valence-electron chi connectivity index (χ1n) is 29.3. The fourth-order valence-corrected chi connectivity index (χ4v) is 10.2. The van der Waals surface area contributed by atoms with Crippen molar-refractivity contribution in [2.24, 2.45) is 42.4 Å². The molecule has 0 unspecified atom stereocenters. The summed E-state index contributed by atoms with van der Waals surface area (Å²) in [7, 11) is 5.19. The number of aromatic nitrogens is 6. The van der Waals surface area contributed by atoms with Crippen LogP contribution in [0.25, 0.3) is 33.8 Å². The summed E-state index contributed by atoms with van der Waals surface area (Å²) in [6.45, 7) is 13.7. The summed E-state index contributed by atoms with van der Waals surface area (Å²) in [5.41, 5.74) is 19.0. The number of hydrazone groups is 3. The molecule has 0 radical (unpaired) electrons. The molecule has 96 heavy (non-hydrogen) atoms. The van der Waals surface area contributed by atoms with E-state index in [2.05, 4.69) is 119 Å². The van der Waals surface area contributed by atoms with Crippen molar-refractivity contribution in [1.29, 1.82) is 0 Å². The molecule has 9 aromatic rings. The minimum Gasteiger partial charge on any atom is -0.504 e. The number of nitrogens with one attached hydrogen (secondary N) is 6. The van der Waals surface area contributed by atoms with Crippen LogP contribution >= 0.6 is 52.6 Å². The van der Waals surface area contributed by atoms with Gasteiger partial charge in [-0.2, -0.15) is 30.6 Å². The third kappa shape index (κ3) is 19.2. The summed E-state index contributed by atoms with van der Waals surface area (Å²) in [5, 5.41) is 94.2. The molecule has 3 heterocycles.